The largest absolute Gasteiger partial charge is 0.477 e. The summed E-state index contributed by atoms with van der Waals surface area (Å²) in [4.78, 5) is 10.4. The van der Waals surface area contributed by atoms with E-state index >= 15 is 0 Å². The van der Waals surface area contributed by atoms with Crippen molar-refractivity contribution in [2.45, 2.75) is 6.61 Å². The standard InChI is InChI=1S/C6H6F2N2O3/c1-10-2-3(5(11)12)4(9-10)13-6(7)8/h2,6H,1H3,(H,11,12). The van der Waals surface area contributed by atoms with E-state index in [1.54, 1.807) is 0 Å². The lowest BCUT2D eigenvalue weighted by Gasteiger charge is -1.99. The van der Waals surface area contributed by atoms with E-state index in [1.807, 2.05) is 0 Å². The Bertz CT molecular complexity index is 324. The molecule has 1 aromatic heterocycles. The smallest absolute Gasteiger partial charge is 0.388 e. The van der Waals surface area contributed by atoms with Crippen LogP contribution >= 0.6 is 0 Å². The Morgan fingerprint density at radius 1 is 1.77 bits per heavy atom. The first kappa shape index (κ1) is 9.43. The second-order valence-corrected chi connectivity index (χ2v) is 2.21. The molecule has 0 saturated carbocycles. The fourth-order valence-electron chi connectivity index (χ4n) is 0.786. The molecule has 1 rings (SSSR count). The van der Waals surface area contributed by atoms with Gasteiger partial charge in [-0.05, 0) is 0 Å². The highest BCUT2D eigenvalue weighted by Crippen LogP contribution is 2.17. The van der Waals surface area contributed by atoms with Gasteiger partial charge < -0.3 is 9.84 Å². The molecule has 0 atom stereocenters. The molecule has 1 heterocycles. The van der Waals surface area contributed by atoms with Crippen LogP contribution < -0.4 is 4.74 Å². The maximum Gasteiger partial charge on any atom is 0.388 e. The fraction of sp³-hybridized carbons (Fsp3) is 0.333. The van der Waals surface area contributed by atoms with Gasteiger partial charge in [-0.15, -0.1) is 5.10 Å². The predicted octanol–water partition coefficient (Wildman–Crippen LogP) is 0.720. The van der Waals surface area contributed by atoms with Crippen LogP contribution in [0.4, 0.5) is 8.78 Å². The van der Waals surface area contributed by atoms with Crippen LogP contribution in [0.2, 0.25) is 0 Å². The second-order valence-electron chi connectivity index (χ2n) is 2.21. The minimum atomic E-state index is -3.08. The van der Waals surface area contributed by atoms with Gasteiger partial charge in [0.2, 0.25) is 0 Å². The van der Waals surface area contributed by atoms with Crippen molar-refractivity contribution in [2.24, 2.45) is 7.05 Å². The van der Waals surface area contributed by atoms with E-state index in [2.05, 4.69) is 9.84 Å². The highest BCUT2D eigenvalue weighted by Gasteiger charge is 2.18. The highest BCUT2D eigenvalue weighted by atomic mass is 19.3. The fourth-order valence-corrected chi connectivity index (χ4v) is 0.786. The molecule has 13 heavy (non-hydrogen) atoms. The van der Waals surface area contributed by atoms with Gasteiger partial charge in [-0.3, -0.25) is 4.68 Å². The topological polar surface area (TPSA) is 64.4 Å². The molecule has 0 aromatic carbocycles. The van der Waals surface area contributed by atoms with Gasteiger partial charge in [0.05, 0.1) is 0 Å². The lowest BCUT2D eigenvalue weighted by atomic mass is 10.3. The second kappa shape index (κ2) is 3.38. The highest BCUT2D eigenvalue weighted by molar-refractivity contribution is 5.89. The van der Waals surface area contributed by atoms with Crippen molar-refractivity contribution in [1.29, 1.82) is 0 Å². The van der Waals surface area contributed by atoms with Gasteiger partial charge in [0.1, 0.15) is 5.56 Å². The molecule has 0 amide bonds. The van der Waals surface area contributed by atoms with Crippen molar-refractivity contribution in [3.05, 3.63) is 11.8 Å². The molecule has 0 spiro atoms. The number of ether oxygens (including phenoxy) is 1. The van der Waals surface area contributed by atoms with Gasteiger partial charge in [0, 0.05) is 13.2 Å². The Labute approximate surface area is 71.5 Å². The number of carbonyl (C=O) groups is 1. The van der Waals surface area contributed by atoms with Gasteiger partial charge in [-0.25, -0.2) is 4.79 Å². The minimum absolute atomic E-state index is 0.386. The molecule has 72 valence electrons. The van der Waals surface area contributed by atoms with Crippen molar-refractivity contribution in [1.82, 2.24) is 9.78 Å². The zero-order chi connectivity index (χ0) is 10.0. The van der Waals surface area contributed by atoms with Gasteiger partial charge in [-0.1, -0.05) is 0 Å². The zero-order valence-corrected chi connectivity index (χ0v) is 6.57. The molecule has 0 saturated heterocycles. The maximum atomic E-state index is 11.7. The normalized spacial score (nSPS) is 10.5. The average Bonchev–Trinajstić information content (AvgIpc) is 2.29. The quantitative estimate of drug-likeness (QED) is 0.766. The number of halogens is 2. The molecular formula is C6H6F2N2O3. The number of carboxylic acid groups (broad SMARTS) is 1. The van der Waals surface area contributed by atoms with Crippen LogP contribution in [0.25, 0.3) is 0 Å². The minimum Gasteiger partial charge on any atom is -0.477 e. The zero-order valence-electron chi connectivity index (χ0n) is 6.57. The summed E-state index contributed by atoms with van der Waals surface area (Å²) < 4.78 is 28.4. The molecule has 0 aliphatic carbocycles. The number of carboxylic acids is 1. The molecule has 0 bridgehead atoms. The molecular weight excluding hydrogens is 186 g/mol. The number of nitrogens with zero attached hydrogens (tertiary/aromatic N) is 2. The van der Waals surface area contributed by atoms with Crippen LogP contribution in [-0.4, -0.2) is 27.5 Å². The number of alkyl halides is 2. The molecule has 0 radical (unpaired) electrons. The Morgan fingerprint density at radius 2 is 2.38 bits per heavy atom. The molecule has 0 fully saturated rings. The third-order valence-electron chi connectivity index (χ3n) is 1.23. The Hall–Kier alpha value is -1.66. The lowest BCUT2D eigenvalue weighted by Crippen LogP contribution is -2.06. The summed E-state index contributed by atoms with van der Waals surface area (Å²) in [5.74, 6) is -1.94. The molecule has 7 heteroatoms. The van der Waals surface area contributed by atoms with E-state index in [0.29, 0.717) is 0 Å². The summed E-state index contributed by atoms with van der Waals surface area (Å²) in [7, 11) is 1.41. The van der Waals surface area contributed by atoms with E-state index in [-0.39, 0.29) is 5.56 Å². The van der Waals surface area contributed by atoms with Gasteiger partial charge in [-0.2, -0.15) is 8.78 Å². The first-order valence-corrected chi connectivity index (χ1v) is 3.22. The number of aryl methyl sites for hydroxylation is 1. The van der Waals surface area contributed by atoms with Crippen molar-refractivity contribution >= 4 is 5.97 Å². The van der Waals surface area contributed by atoms with Gasteiger partial charge in [0.25, 0.3) is 5.88 Å². The van der Waals surface area contributed by atoms with E-state index in [1.165, 1.54) is 7.05 Å². The number of hydrogen-bond donors (Lipinski definition) is 1. The van der Waals surface area contributed by atoms with Crippen molar-refractivity contribution in [3.63, 3.8) is 0 Å². The lowest BCUT2D eigenvalue weighted by molar-refractivity contribution is -0.0536. The third kappa shape index (κ3) is 2.14. The average molecular weight is 192 g/mol. The van der Waals surface area contributed by atoms with E-state index in [4.69, 9.17) is 5.11 Å². The van der Waals surface area contributed by atoms with Gasteiger partial charge in [0.15, 0.2) is 0 Å². The number of aromatic carboxylic acids is 1. The van der Waals surface area contributed by atoms with Crippen LogP contribution in [0, 0.1) is 0 Å². The molecule has 1 aromatic rings. The van der Waals surface area contributed by atoms with Crippen LogP contribution in [0.1, 0.15) is 10.4 Å². The summed E-state index contributed by atoms with van der Waals surface area (Å²) in [5.41, 5.74) is -0.386. The Kier molecular flexibility index (Phi) is 2.45. The number of aromatic nitrogens is 2. The van der Waals surface area contributed by atoms with Crippen molar-refractivity contribution in [3.8, 4) is 5.88 Å². The predicted molar refractivity (Wildman–Crippen MR) is 36.8 cm³/mol. The summed E-state index contributed by atoms with van der Waals surface area (Å²) in [6, 6.07) is 0. The first-order valence-electron chi connectivity index (χ1n) is 3.22. The molecule has 1 N–H and O–H groups in total. The summed E-state index contributed by atoms with van der Waals surface area (Å²) in [6.45, 7) is -3.08. The Balaban J connectivity index is 2.97. The summed E-state index contributed by atoms with van der Waals surface area (Å²) >= 11 is 0. The molecule has 5 nitrogen and oxygen atoms in total. The SMILES string of the molecule is Cn1cc(C(=O)O)c(OC(F)F)n1. The van der Waals surface area contributed by atoms with Crippen LogP contribution in [0.5, 0.6) is 5.88 Å². The molecule has 0 unspecified atom stereocenters. The summed E-state index contributed by atoms with van der Waals surface area (Å²) in [5, 5.41) is 11.9. The van der Waals surface area contributed by atoms with Gasteiger partial charge >= 0.3 is 12.6 Å². The monoisotopic (exact) mass is 192 g/mol. The summed E-state index contributed by atoms with van der Waals surface area (Å²) in [6.07, 6.45) is 1.08. The maximum absolute atomic E-state index is 11.7. The van der Waals surface area contributed by atoms with Crippen LogP contribution in [-0.2, 0) is 7.05 Å². The molecule has 0 aliphatic heterocycles. The third-order valence-corrected chi connectivity index (χ3v) is 1.23. The van der Waals surface area contributed by atoms with E-state index in [0.717, 1.165) is 10.9 Å². The van der Waals surface area contributed by atoms with Crippen LogP contribution in [0.15, 0.2) is 6.20 Å². The Morgan fingerprint density at radius 3 is 2.85 bits per heavy atom. The van der Waals surface area contributed by atoms with Crippen LogP contribution in [0.3, 0.4) is 0 Å². The van der Waals surface area contributed by atoms with E-state index < -0.39 is 18.5 Å². The molecule has 0 aliphatic rings. The van der Waals surface area contributed by atoms with E-state index in [9.17, 15) is 13.6 Å². The number of rotatable bonds is 3. The van der Waals surface area contributed by atoms with Crippen molar-refractivity contribution in [2.75, 3.05) is 0 Å². The number of hydrogen-bond acceptors (Lipinski definition) is 3. The van der Waals surface area contributed by atoms with Crippen molar-refractivity contribution < 1.29 is 23.4 Å². The first-order chi connectivity index (χ1) is 6.00.